The van der Waals surface area contributed by atoms with Gasteiger partial charge in [0.15, 0.2) is 0 Å². The third-order valence-electron chi connectivity index (χ3n) is 4.07. The highest BCUT2D eigenvalue weighted by Crippen LogP contribution is 2.24. The summed E-state index contributed by atoms with van der Waals surface area (Å²) in [5.74, 6) is -1.73. The molecule has 0 aliphatic rings. The molecule has 0 aliphatic heterocycles. The quantitative estimate of drug-likeness (QED) is 0.765. The van der Waals surface area contributed by atoms with Crippen LogP contribution in [0.5, 0.6) is 5.75 Å². The molecular weight excluding hydrogens is 326 g/mol. The fourth-order valence-electron chi connectivity index (χ4n) is 2.59. The minimum atomic E-state index is -1.36. The number of aryl methyl sites for hydroxylation is 1. The van der Waals surface area contributed by atoms with Crippen molar-refractivity contribution in [2.75, 3.05) is 7.11 Å². The van der Waals surface area contributed by atoms with E-state index in [0.29, 0.717) is 22.3 Å². The van der Waals surface area contributed by atoms with Crippen LogP contribution in [0.1, 0.15) is 25.0 Å². The molecule has 0 fully saturated rings. The smallest absolute Gasteiger partial charge is 0.340 e. The lowest BCUT2D eigenvalue weighted by atomic mass is 10.0. The van der Waals surface area contributed by atoms with Gasteiger partial charge in [-0.15, -0.1) is 0 Å². The van der Waals surface area contributed by atoms with Crippen LogP contribution in [0.4, 0.5) is 0 Å². The van der Waals surface area contributed by atoms with E-state index in [1.807, 2.05) is 0 Å². The van der Waals surface area contributed by atoms with Gasteiger partial charge < -0.3 is 24.4 Å². The summed E-state index contributed by atoms with van der Waals surface area (Å²) in [5.41, 5.74) is 0.526. The first kappa shape index (κ1) is 18.5. The first-order valence-corrected chi connectivity index (χ1v) is 7.85. The summed E-state index contributed by atoms with van der Waals surface area (Å²) >= 11 is 0. The number of carbonyl (C=O) groups excluding carboxylic acids is 2. The summed E-state index contributed by atoms with van der Waals surface area (Å²) in [6.07, 6.45) is -0.271. The molecule has 2 rings (SSSR count). The van der Waals surface area contributed by atoms with E-state index in [2.05, 4.69) is 5.32 Å². The van der Waals surface area contributed by atoms with Gasteiger partial charge in [-0.1, -0.05) is 13.8 Å². The molecule has 0 aliphatic carbocycles. The minimum Gasteiger partial charge on any atom is -0.548 e. The molecule has 0 saturated carbocycles. The third-order valence-corrected chi connectivity index (χ3v) is 4.07. The SMILES string of the molecule is COc1ccc2c(C)c(CC(=O)N[C@H](C(=O)[O-])C(C)C)c(=O)oc2c1. The minimum absolute atomic E-state index is 0.191. The Morgan fingerprint density at radius 3 is 2.56 bits per heavy atom. The number of carboxylic acid groups (broad SMARTS) is 1. The lowest BCUT2D eigenvalue weighted by molar-refractivity contribution is -0.309. The van der Waals surface area contributed by atoms with Crippen LogP contribution in [-0.4, -0.2) is 25.0 Å². The van der Waals surface area contributed by atoms with Gasteiger partial charge in [-0.3, -0.25) is 4.79 Å². The van der Waals surface area contributed by atoms with Crippen LogP contribution >= 0.6 is 0 Å². The van der Waals surface area contributed by atoms with Gasteiger partial charge in [-0.2, -0.15) is 0 Å². The summed E-state index contributed by atoms with van der Waals surface area (Å²) < 4.78 is 10.4. The Bertz CT molecular complexity index is 868. The van der Waals surface area contributed by atoms with E-state index >= 15 is 0 Å². The number of carboxylic acids is 1. The van der Waals surface area contributed by atoms with Gasteiger partial charge in [0, 0.05) is 11.5 Å². The number of nitrogens with one attached hydrogen (secondary N) is 1. The molecule has 1 N–H and O–H groups in total. The van der Waals surface area contributed by atoms with Crippen molar-refractivity contribution in [3.05, 3.63) is 39.7 Å². The molecule has 1 atom stereocenters. The second kappa shape index (κ2) is 7.38. The van der Waals surface area contributed by atoms with Crippen LogP contribution < -0.4 is 20.8 Å². The molecule has 0 bridgehead atoms. The second-order valence-electron chi connectivity index (χ2n) is 6.14. The van der Waals surface area contributed by atoms with E-state index in [-0.39, 0.29) is 17.9 Å². The topological polar surface area (TPSA) is 109 Å². The number of ether oxygens (including phenoxy) is 1. The van der Waals surface area contributed by atoms with E-state index in [1.54, 1.807) is 39.0 Å². The number of amides is 1. The molecule has 134 valence electrons. The van der Waals surface area contributed by atoms with Crippen LogP contribution in [0.15, 0.2) is 27.4 Å². The Balaban J connectivity index is 2.33. The van der Waals surface area contributed by atoms with E-state index < -0.39 is 23.5 Å². The van der Waals surface area contributed by atoms with Crippen molar-refractivity contribution < 1.29 is 23.8 Å². The maximum absolute atomic E-state index is 12.2. The zero-order valence-electron chi connectivity index (χ0n) is 14.5. The van der Waals surface area contributed by atoms with Crippen LogP contribution in [0.3, 0.4) is 0 Å². The van der Waals surface area contributed by atoms with E-state index in [4.69, 9.17) is 9.15 Å². The predicted octanol–water partition coefficient (Wildman–Crippen LogP) is 0.543. The summed E-state index contributed by atoms with van der Waals surface area (Å²) in [4.78, 5) is 35.5. The molecule has 0 unspecified atom stereocenters. The van der Waals surface area contributed by atoms with E-state index in [9.17, 15) is 19.5 Å². The monoisotopic (exact) mass is 346 g/mol. The highest BCUT2D eigenvalue weighted by molar-refractivity contribution is 5.87. The van der Waals surface area contributed by atoms with Crippen LogP contribution in [0.2, 0.25) is 0 Å². The van der Waals surface area contributed by atoms with Crippen molar-refractivity contribution in [2.45, 2.75) is 33.2 Å². The highest BCUT2D eigenvalue weighted by atomic mass is 16.5. The van der Waals surface area contributed by atoms with Gasteiger partial charge in [0.1, 0.15) is 11.3 Å². The van der Waals surface area contributed by atoms with Crippen LogP contribution in [-0.2, 0) is 16.0 Å². The van der Waals surface area contributed by atoms with Crippen molar-refractivity contribution in [2.24, 2.45) is 5.92 Å². The predicted molar refractivity (Wildman–Crippen MR) is 89.3 cm³/mol. The molecule has 25 heavy (non-hydrogen) atoms. The number of fused-ring (bicyclic) bond motifs is 1. The van der Waals surface area contributed by atoms with E-state index in [1.165, 1.54) is 7.11 Å². The number of methoxy groups -OCH3 is 1. The molecule has 1 amide bonds. The summed E-state index contributed by atoms with van der Waals surface area (Å²) in [6, 6.07) is 3.94. The number of carbonyl (C=O) groups is 2. The zero-order chi connectivity index (χ0) is 18.7. The molecular formula is C18H20NO6-. The lowest BCUT2D eigenvalue weighted by Gasteiger charge is -2.23. The van der Waals surface area contributed by atoms with Gasteiger partial charge in [0.05, 0.1) is 31.1 Å². The van der Waals surface area contributed by atoms with Crippen molar-refractivity contribution in [3.63, 3.8) is 0 Å². The Labute approximate surface area is 144 Å². The Hall–Kier alpha value is -2.83. The van der Waals surface area contributed by atoms with Crippen molar-refractivity contribution >= 4 is 22.8 Å². The Morgan fingerprint density at radius 2 is 2.00 bits per heavy atom. The summed E-state index contributed by atoms with van der Waals surface area (Å²) in [5, 5.41) is 14.1. The lowest BCUT2D eigenvalue weighted by Crippen LogP contribution is -2.51. The van der Waals surface area contributed by atoms with Gasteiger partial charge in [0.25, 0.3) is 0 Å². The molecule has 7 nitrogen and oxygen atoms in total. The largest absolute Gasteiger partial charge is 0.548 e. The number of rotatable bonds is 6. The van der Waals surface area contributed by atoms with Gasteiger partial charge in [-0.25, -0.2) is 4.79 Å². The maximum atomic E-state index is 12.2. The average Bonchev–Trinajstić information content (AvgIpc) is 2.55. The Kier molecular flexibility index (Phi) is 5.46. The molecule has 0 radical (unpaired) electrons. The van der Waals surface area contributed by atoms with Gasteiger partial charge in [-0.05, 0) is 30.5 Å². The van der Waals surface area contributed by atoms with Gasteiger partial charge >= 0.3 is 5.63 Å². The van der Waals surface area contributed by atoms with Gasteiger partial charge in [0.2, 0.25) is 5.91 Å². The number of benzene rings is 1. The Morgan fingerprint density at radius 1 is 1.32 bits per heavy atom. The maximum Gasteiger partial charge on any atom is 0.340 e. The molecule has 0 spiro atoms. The van der Waals surface area contributed by atoms with E-state index in [0.717, 1.165) is 0 Å². The van der Waals surface area contributed by atoms with Crippen LogP contribution in [0, 0.1) is 12.8 Å². The molecule has 1 heterocycles. The number of hydrogen-bond donors (Lipinski definition) is 1. The normalized spacial score (nSPS) is 12.2. The second-order valence-corrected chi connectivity index (χ2v) is 6.14. The molecule has 0 saturated heterocycles. The summed E-state index contributed by atoms with van der Waals surface area (Å²) in [6.45, 7) is 5.03. The fraction of sp³-hybridized carbons (Fsp3) is 0.389. The van der Waals surface area contributed by atoms with Crippen molar-refractivity contribution in [1.82, 2.24) is 5.32 Å². The fourth-order valence-corrected chi connectivity index (χ4v) is 2.59. The molecule has 1 aromatic carbocycles. The van der Waals surface area contributed by atoms with Crippen molar-refractivity contribution in [1.29, 1.82) is 0 Å². The highest BCUT2D eigenvalue weighted by Gasteiger charge is 2.20. The zero-order valence-corrected chi connectivity index (χ0v) is 14.5. The van der Waals surface area contributed by atoms with Crippen LogP contribution in [0.25, 0.3) is 11.0 Å². The average molecular weight is 346 g/mol. The van der Waals surface area contributed by atoms with Crippen molar-refractivity contribution in [3.8, 4) is 5.75 Å². The first-order valence-electron chi connectivity index (χ1n) is 7.85. The standard InChI is InChI=1S/C18H21NO6/c1-9(2)16(17(21)22)19-15(20)8-13-10(3)12-6-5-11(24-4)7-14(12)25-18(13)23/h5-7,9,16H,8H2,1-4H3,(H,19,20)(H,21,22)/p-1/t16-/m0/s1. The third kappa shape index (κ3) is 3.99. The first-order chi connectivity index (χ1) is 11.7. The summed E-state index contributed by atoms with van der Waals surface area (Å²) in [7, 11) is 1.51. The molecule has 2 aromatic rings. The number of aliphatic carboxylic acids is 1. The molecule has 1 aromatic heterocycles. The molecule has 7 heteroatoms. The number of hydrogen-bond acceptors (Lipinski definition) is 6.